The maximum atomic E-state index is 14.3. The quantitative estimate of drug-likeness (QED) is 0.309. The number of carbonyl (C=O) groups excluding carboxylic acids is 3. The van der Waals surface area contributed by atoms with E-state index in [1.54, 1.807) is 23.1 Å². The highest BCUT2D eigenvalue weighted by molar-refractivity contribution is 7.99. The smallest absolute Gasteiger partial charge is 0.382 e. The van der Waals surface area contributed by atoms with Crippen LogP contribution in [0.25, 0.3) is 6.08 Å². The van der Waals surface area contributed by atoms with Gasteiger partial charge in [0, 0.05) is 80.7 Å². The molecule has 0 aromatic heterocycles. The Morgan fingerprint density at radius 3 is 1.93 bits per heavy atom. The first-order valence-corrected chi connectivity index (χ1v) is 14.8. The number of piperazine rings is 1. The van der Waals surface area contributed by atoms with Gasteiger partial charge in [0.25, 0.3) is 0 Å². The Kier molecular flexibility index (Phi) is 10.2. The first-order chi connectivity index (χ1) is 20.6. The maximum Gasteiger partial charge on any atom is 0.418 e. The summed E-state index contributed by atoms with van der Waals surface area (Å²) in [6, 6.07) is 8.36. The molecule has 7 nitrogen and oxygen atoms in total. The number of alkyl halides is 6. The van der Waals surface area contributed by atoms with Crippen LogP contribution in [0.15, 0.2) is 52.3 Å². The lowest BCUT2D eigenvalue weighted by Crippen LogP contribution is -2.49. The van der Waals surface area contributed by atoms with E-state index >= 15 is 0 Å². The third-order valence-corrected chi connectivity index (χ3v) is 8.63. The average molecular weight is 643 g/mol. The van der Waals surface area contributed by atoms with Crippen molar-refractivity contribution >= 4 is 41.2 Å². The number of amides is 3. The van der Waals surface area contributed by atoms with E-state index in [1.165, 1.54) is 29.7 Å². The molecule has 0 radical (unpaired) electrons. The van der Waals surface area contributed by atoms with Crippen molar-refractivity contribution in [3.63, 3.8) is 0 Å². The van der Waals surface area contributed by atoms with E-state index in [9.17, 15) is 40.7 Å². The van der Waals surface area contributed by atoms with Crippen molar-refractivity contribution in [1.29, 1.82) is 0 Å². The van der Waals surface area contributed by atoms with Crippen molar-refractivity contribution in [3.8, 4) is 0 Å². The lowest BCUT2D eigenvalue weighted by atomic mass is 9.99. The summed E-state index contributed by atoms with van der Waals surface area (Å²) in [7, 11) is 0. The van der Waals surface area contributed by atoms with Gasteiger partial charge in [0.15, 0.2) is 0 Å². The SMILES string of the molecule is CC(=O)N1CCC(Nc2cccc(Sc3ccc(/C=C/C(=O)N4CCN(C(C)=O)CC4)c(C(F)(F)F)c3C(F)(F)F)c2)CC1. The molecule has 0 unspecified atom stereocenters. The summed E-state index contributed by atoms with van der Waals surface area (Å²) >= 11 is 0.566. The molecule has 0 bridgehead atoms. The Hall–Kier alpha value is -3.68. The van der Waals surface area contributed by atoms with Crippen LogP contribution in [-0.2, 0) is 26.7 Å². The van der Waals surface area contributed by atoms with Crippen LogP contribution in [0.5, 0.6) is 0 Å². The minimum atomic E-state index is -5.37. The molecule has 3 amide bonds. The van der Waals surface area contributed by atoms with Crippen LogP contribution in [0.3, 0.4) is 0 Å². The molecule has 2 aliphatic rings. The topological polar surface area (TPSA) is 73.0 Å². The lowest BCUT2D eigenvalue weighted by molar-refractivity contribution is -0.163. The highest BCUT2D eigenvalue weighted by Gasteiger charge is 2.46. The first-order valence-electron chi connectivity index (χ1n) is 14.0. The van der Waals surface area contributed by atoms with Crippen LogP contribution in [0.1, 0.15) is 43.4 Å². The van der Waals surface area contributed by atoms with Gasteiger partial charge in [-0.3, -0.25) is 14.4 Å². The van der Waals surface area contributed by atoms with Gasteiger partial charge in [-0.2, -0.15) is 26.3 Å². The van der Waals surface area contributed by atoms with Crippen LogP contribution in [0, 0.1) is 0 Å². The molecule has 2 aromatic carbocycles. The van der Waals surface area contributed by atoms with Crippen molar-refractivity contribution in [2.45, 2.75) is 54.9 Å². The van der Waals surface area contributed by atoms with E-state index in [2.05, 4.69) is 5.32 Å². The summed E-state index contributed by atoms with van der Waals surface area (Å²) in [4.78, 5) is 39.9. The van der Waals surface area contributed by atoms with Crippen molar-refractivity contribution in [1.82, 2.24) is 14.7 Å². The van der Waals surface area contributed by atoms with Crippen LogP contribution >= 0.6 is 11.8 Å². The number of piperidine rings is 1. The van der Waals surface area contributed by atoms with Gasteiger partial charge in [-0.25, -0.2) is 0 Å². The zero-order valence-corrected chi connectivity index (χ0v) is 24.9. The molecule has 2 aliphatic heterocycles. The minimum absolute atomic E-state index is 0.0159. The van der Waals surface area contributed by atoms with E-state index in [0.717, 1.165) is 24.3 Å². The molecule has 0 saturated carbocycles. The highest BCUT2D eigenvalue weighted by atomic mass is 32.2. The molecule has 2 saturated heterocycles. The third-order valence-electron chi connectivity index (χ3n) is 7.58. The minimum Gasteiger partial charge on any atom is -0.382 e. The summed E-state index contributed by atoms with van der Waals surface area (Å²) < 4.78 is 85.7. The number of benzene rings is 2. The Morgan fingerprint density at radius 1 is 0.795 bits per heavy atom. The van der Waals surface area contributed by atoms with Crippen molar-refractivity contribution in [2.75, 3.05) is 44.6 Å². The molecule has 1 N–H and O–H groups in total. The summed E-state index contributed by atoms with van der Waals surface area (Å²) in [5, 5.41) is 3.30. The van der Waals surface area contributed by atoms with Crippen LogP contribution in [0.4, 0.5) is 32.0 Å². The maximum absolute atomic E-state index is 14.3. The van der Waals surface area contributed by atoms with Gasteiger partial charge in [-0.1, -0.05) is 23.9 Å². The van der Waals surface area contributed by atoms with Crippen LogP contribution in [-0.4, -0.2) is 77.7 Å². The normalized spacial score (nSPS) is 16.9. The number of nitrogens with zero attached hydrogens (tertiary/aromatic N) is 3. The Bertz CT molecular complexity index is 1410. The second-order valence-corrected chi connectivity index (χ2v) is 11.7. The van der Waals surface area contributed by atoms with Gasteiger partial charge in [0.05, 0.1) is 11.1 Å². The van der Waals surface area contributed by atoms with Gasteiger partial charge in [0.1, 0.15) is 0 Å². The Balaban J connectivity index is 1.57. The Morgan fingerprint density at radius 2 is 1.36 bits per heavy atom. The summed E-state index contributed by atoms with van der Waals surface area (Å²) in [6.45, 7) is 4.83. The van der Waals surface area contributed by atoms with E-state index in [1.807, 2.05) is 0 Å². The standard InChI is InChI=1S/C30H32F6N4O3S/c1-19(41)38-12-10-22(11-13-38)37-23-4-3-5-24(18-23)44-25-8-6-21(27(29(31,32)33)28(25)30(34,35)36)7-9-26(43)40-16-14-39(15-17-40)20(2)42/h3-9,18,22,37H,10-17H2,1-2H3/b9-7+. The fourth-order valence-corrected chi connectivity index (χ4v) is 6.31. The van der Waals surface area contributed by atoms with Gasteiger partial charge in [-0.05, 0) is 48.7 Å². The largest absolute Gasteiger partial charge is 0.418 e. The predicted molar refractivity (Wildman–Crippen MR) is 154 cm³/mol. The van der Waals surface area contributed by atoms with Gasteiger partial charge in [-0.15, -0.1) is 0 Å². The fourth-order valence-electron chi connectivity index (χ4n) is 5.27. The zero-order valence-electron chi connectivity index (χ0n) is 24.1. The molecule has 4 rings (SSSR count). The number of carbonyl (C=O) groups is 3. The molecule has 238 valence electrons. The van der Waals surface area contributed by atoms with Crippen LogP contribution in [0.2, 0.25) is 0 Å². The van der Waals surface area contributed by atoms with Gasteiger partial charge >= 0.3 is 12.4 Å². The first kappa shape index (κ1) is 33.2. The third kappa shape index (κ3) is 8.27. The number of halogens is 6. The molecular formula is C30H32F6N4O3S. The molecule has 44 heavy (non-hydrogen) atoms. The highest BCUT2D eigenvalue weighted by Crippen LogP contribution is 2.48. The number of hydrogen-bond donors (Lipinski definition) is 1. The molecule has 0 atom stereocenters. The van der Waals surface area contributed by atoms with Gasteiger partial charge in [0.2, 0.25) is 17.7 Å². The average Bonchev–Trinajstić information content (AvgIpc) is 2.95. The summed E-state index contributed by atoms with van der Waals surface area (Å²) in [6.07, 6.45) is -7.77. The molecular weight excluding hydrogens is 610 g/mol. The lowest BCUT2D eigenvalue weighted by Gasteiger charge is -2.33. The molecule has 0 aliphatic carbocycles. The zero-order chi connectivity index (χ0) is 32.2. The van der Waals surface area contributed by atoms with Crippen molar-refractivity contribution in [2.24, 2.45) is 0 Å². The Labute approximate surface area is 255 Å². The molecule has 2 heterocycles. The second-order valence-electron chi connectivity index (χ2n) is 10.6. The molecule has 14 heteroatoms. The fraction of sp³-hybridized carbons (Fsp3) is 0.433. The summed E-state index contributed by atoms with van der Waals surface area (Å²) in [5.41, 5.74) is -3.87. The van der Waals surface area contributed by atoms with E-state index in [4.69, 9.17) is 0 Å². The molecule has 2 aromatic rings. The number of likely N-dealkylation sites (tertiary alicyclic amines) is 1. The molecule has 2 fully saturated rings. The number of hydrogen-bond acceptors (Lipinski definition) is 5. The van der Waals surface area contributed by atoms with Crippen molar-refractivity contribution < 1.29 is 40.7 Å². The second kappa shape index (κ2) is 13.5. The van der Waals surface area contributed by atoms with Crippen LogP contribution < -0.4 is 5.32 Å². The van der Waals surface area contributed by atoms with E-state index < -0.39 is 39.8 Å². The monoisotopic (exact) mass is 642 g/mol. The van der Waals surface area contributed by atoms with E-state index in [-0.39, 0.29) is 44.0 Å². The van der Waals surface area contributed by atoms with Crippen molar-refractivity contribution in [3.05, 3.63) is 59.2 Å². The van der Waals surface area contributed by atoms with Gasteiger partial charge < -0.3 is 20.0 Å². The number of nitrogens with one attached hydrogen (secondary N) is 1. The predicted octanol–water partition coefficient (Wildman–Crippen LogP) is 6.00. The molecule has 0 spiro atoms. The van der Waals surface area contributed by atoms with E-state index in [0.29, 0.717) is 48.3 Å². The summed E-state index contributed by atoms with van der Waals surface area (Å²) in [5.74, 6) is -0.850. The number of rotatable bonds is 6. The number of anilines is 1.